The number of carbonyl (C=O) groups excluding carboxylic acids is 2. The number of hydrogen-bond acceptors (Lipinski definition) is 7. The van der Waals surface area contributed by atoms with Crippen LogP contribution in [-0.2, 0) is 20.9 Å². The minimum absolute atomic E-state index is 0.0192. The Morgan fingerprint density at radius 1 is 1.19 bits per heavy atom. The molecule has 1 aliphatic rings. The average molecular weight is 520 g/mol. The van der Waals surface area contributed by atoms with Crippen molar-refractivity contribution >= 4 is 39.9 Å². The summed E-state index contributed by atoms with van der Waals surface area (Å²) in [5, 5.41) is 13.3. The van der Waals surface area contributed by atoms with Gasteiger partial charge in [0.2, 0.25) is 11.8 Å². The van der Waals surface area contributed by atoms with E-state index < -0.39 is 6.04 Å². The molecule has 5 rings (SSSR count). The number of carbonyl (C=O) groups is 2. The molecular formula is C27H29N5O4S. The van der Waals surface area contributed by atoms with Crippen LogP contribution >= 0.6 is 11.3 Å². The van der Waals surface area contributed by atoms with Crippen LogP contribution in [0, 0.1) is 0 Å². The smallest absolute Gasteiger partial charge is 0.249 e. The van der Waals surface area contributed by atoms with Crippen molar-refractivity contribution in [2.24, 2.45) is 0 Å². The van der Waals surface area contributed by atoms with E-state index in [2.05, 4.69) is 15.6 Å². The van der Waals surface area contributed by atoms with Crippen LogP contribution in [-0.4, -0.2) is 52.7 Å². The molecule has 4 aromatic rings. The number of fused-ring (bicyclic) bond motifs is 1. The van der Waals surface area contributed by atoms with Crippen molar-refractivity contribution in [3.05, 3.63) is 70.9 Å². The van der Waals surface area contributed by atoms with Crippen LogP contribution in [0.4, 0.5) is 5.69 Å². The Morgan fingerprint density at radius 3 is 2.81 bits per heavy atom. The molecule has 0 radical (unpaired) electrons. The lowest BCUT2D eigenvalue weighted by Crippen LogP contribution is -2.46. The van der Waals surface area contributed by atoms with Crippen LogP contribution in [0.3, 0.4) is 0 Å². The van der Waals surface area contributed by atoms with Crippen molar-refractivity contribution in [2.45, 2.75) is 38.5 Å². The van der Waals surface area contributed by atoms with Crippen molar-refractivity contribution in [3.8, 4) is 5.75 Å². The number of ether oxygens (including phenoxy) is 2. The van der Waals surface area contributed by atoms with Gasteiger partial charge in [-0.05, 0) is 55.5 Å². The quantitative estimate of drug-likeness (QED) is 0.341. The third kappa shape index (κ3) is 5.50. The van der Waals surface area contributed by atoms with E-state index in [1.807, 2.05) is 60.8 Å². The number of anilines is 1. The molecule has 1 aliphatic heterocycles. The summed E-state index contributed by atoms with van der Waals surface area (Å²) in [6.07, 6.45) is 1.86. The third-order valence-corrected chi connectivity index (χ3v) is 7.17. The summed E-state index contributed by atoms with van der Waals surface area (Å²) in [5.41, 5.74) is 1.95. The number of rotatable bonds is 10. The molecule has 192 valence electrons. The molecule has 0 spiro atoms. The molecule has 1 N–H and O–H groups in total. The van der Waals surface area contributed by atoms with Crippen LogP contribution in [0.5, 0.6) is 5.75 Å². The van der Waals surface area contributed by atoms with Gasteiger partial charge in [-0.1, -0.05) is 35.5 Å². The summed E-state index contributed by atoms with van der Waals surface area (Å²) in [7, 11) is 0. The maximum absolute atomic E-state index is 14.1. The zero-order valence-electron chi connectivity index (χ0n) is 20.6. The molecule has 10 heteroatoms. The molecule has 2 aromatic heterocycles. The first-order valence-electron chi connectivity index (χ1n) is 12.4. The van der Waals surface area contributed by atoms with Crippen molar-refractivity contribution in [3.63, 3.8) is 0 Å². The fourth-order valence-corrected chi connectivity index (χ4v) is 5.34. The Bertz CT molecular complexity index is 1350. The van der Waals surface area contributed by atoms with Gasteiger partial charge in [-0.2, -0.15) is 0 Å². The molecule has 0 saturated carbocycles. The van der Waals surface area contributed by atoms with E-state index in [-0.39, 0.29) is 24.5 Å². The second-order valence-corrected chi connectivity index (χ2v) is 9.68. The number of nitrogens with one attached hydrogen (secondary N) is 1. The summed E-state index contributed by atoms with van der Waals surface area (Å²) >= 11 is 1.43. The first-order valence-corrected chi connectivity index (χ1v) is 13.3. The second-order valence-electron chi connectivity index (χ2n) is 8.70. The molecule has 3 heterocycles. The topological polar surface area (TPSA) is 98.6 Å². The molecule has 2 aromatic carbocycles. The van der Waals surface area contributed by atoms with E-state index >= 15 is 0 Å². The molecule has 0 bridgehead atoms. The van der Waals surface area contributed by atoms with Gasteiger partial charge in [-0.3, -0.25) is 14.5 Å². The number of amides is 2. The van der Waals surface area contributed by atoms with Gasteiger partial charge < -0.3 is 14.8 Å². The summed E-state index contributed by atoms with van der Waals surface area (Å²) in [6, 6.07) is 17.6. The van der Waals surface area contributed by atoms with E-state index in [9.17, 15) is 9.59 Å². The van der Waals surface area contributed by atoms with E-state index in [1.54, 1.807) is 16.8 Å². The number of thiophene rings is 1. The van der Waals surface area contributed by atoms with Gasteiger partial charge in [-0.15, -0.1) is 16.4 Å². The minimum Gasteiger partial charge on any atom is -0.492 e. The number of hydrogen-bond donors (Lipinski definition) is 1. The fourth-order valence-electron chi connectivity index (χ4n) is 4.53. The van der Waals surface area contributed by atoms with Gasteiger partial charge in [-0.25, -0.2) is 4.68 Å². The Balaban J connectivity index is 1.53. The van der Waals surface area contributed by atoms with E-state index in [4.69, 9.17) is 9.47 Å². The zero-order chi connectivity index (χ0) is 25.6. The predicted octanol–water partition coefficient (Wildman–Crippen LogP) is 3.96. The normalized spacial score (nSPS) is 16.0. The molecule has 0 aliphatic carbocycles. The minimum atomic E-state index is -0.898. The lowest BCUT2D eigenvalue weighted by molar-refractivity contribution is -0.127. The first kappa shape index (κ1) is 24.9. The monoisotopic (exact) mass is 519 g/mol. The van der Waals surface area contributed by atoms with Crippen LogP contribution < -0.4 is 15.0 Å². The predicted molar refractivity (Wildman–Crippen MR) is 142 cm³/mol. The molecule has 9 nitrogen and oxygen atoms in total. The standard InChI is InChI=1S/C27H29N5O4S/c1-2-35-23-13-6-5-12-22(23)32(25(33)18-31-21-11-4-3-10-20(21)29-30-31)26(24-14-8-16-37-24)27(34)28-17-19-9-7-15-36-19/h3-6,8,10-14,16,19,26H,2,7,9,15,17-18H2,1H3,(H,28,34). The number of aromatic nitrogens is 3. The maximum atomic E-state index is 14.1. The van der Waals surface area contributed by atoms with Crippen LogP contribution in [0.25, 0.3) is 11.0 Å². The van der Waals surface area contributed by atoms with E-state index in [1.165, 1.54) is 16.2 Å². The maximum Gasteiger partial charge on any atom is 0.249 e. The largest absolute Gasteiger partial charge is 0.492 e. The summed E-state index contributed by atoms with van der Waals surface area (Å²) in [4.78, 5) is 30.1. The van der Waals surface area contributed by atoms with Crippen molar-refractivity contribution in [2.75, 3.05) is 24.7 Å². The highest BCUT2D eigenvalue weighted by Crippen LogP contribution is 2.37. The van der Waals surface area contributed by atoms with Gasteiger partial charge in [0.05, 0.1) is 23.9 Å². The van der Waals surface area contributed by atoms with Gasteiger partial charge in [0.15, 0.2) is 0 Å². The Labute approximate surface area is 219 Å². The van der Waals surface area contributed by atoms with Crippen molar-refractivity contribution in [1.82, 2.24) is 20.3 Å². The van der Waals surface area contributed by atoms with Gasteiger partial charge in [0.1, 0.15) is 23.9 Å². The highest BCUT2D eigenvalue weighted by atomic mass is 32.1. The van der Waals surface area contributed by atoms with Gasteiger partial charge >= 0.3 is 0 Å². The zero-order valence-corrected chi connectivity index (χ0v) is 21.4. The highest BCUT2D eigenvalue weighted by Gasteiger charge is 2.36. The van der Waals surface area contributed by atoms with E-state index in [0.29, 0.717) is 36.7 Å². The van der Waals surface area contributed by atoms with Crippen molar-refractivity contribution in [1.29, 1.82) is 0 Å². The van der Waals surface area contributed by atoms with Gasteiger partial charge in [0.25, 0.3) is 0 Å². The number of para-hydroxylation sites is 3. The molecular weight excluding hydrogens is 490 g/mol. The Hall–Kier alpha value is -3.76. The molecule has 37 heavy (non-hydrogen) atoms. The summed E-state index contributed by atoms with van der Waals surface area (Å²) in [6.45, 7) is 3.30. The van der Waals surface area contributed by atoms with Crippen LogP contribution in [0.1, 0.15) is 30.7 Å². The van der Waals surface area contributed by atoms with Crippen LogP contribution in [0.15, 0.2) is 66.0 Å². The molecule has 1 saturated heterocycles. The number of nitrogens with zero attached hydrogens (tertiary/aromatic N) is 4. The summed E-state index contributed by atoms with van der Waals surface area (Å²) in [5.74, 6) is -0.0650. The molecule has 2 amide bonds. The van der Waals surface area contributed by atoms with Gasteiger partial charge in [0, 0.05) is 18.0 Å². The van der Waals surface area contributed by atoms with Crippen LogP contribution in [0.2, 0.25) is 0 Å². The summed E-state index contributed by atoms with van der Waals surface area (Å²) < 4.78 is 13.1. The highest BCUT2D eigenvalue weighted by molar-refractivity contribution is 7.10. The molecule has 2 atom stereocenters. The Morgan fingerprint density at radius 2 is 2.03 bits per heavy atom. The van der Waals surface area contributed by atoms with Crippen molar-refractivity contribution < 1.29 is 19.1 Å². The Kier molecular flexibility index (Phi) is 7.76. The second kappa shape index (κ2) is 11.5. The molecule has 2 unspecified atom stereocenters. The number of benzene rings is 2. The lowest BCUT2D eigenvalue weighted by Gasteiger charge is -2.32. The average Bonchev–Trinajstić information content (AvgIpc) is 3.70. The fraction of sp³-hybridized carbons (Fsp3) is 0.333. The first-order chi connectivity index (χ1) is 18.2. The SMILES string of the molecule is CCOc1ccccc1N(C(=O)Cn1nnc2ccccc21)C(C(=O)NCC1CCCO1)c1cccs1. The lowest BCUT2D eigenvalue weighted by atomic mass is 10.1. The third-order valence-electron chi connectivity index (χ3n) is 6.25. The van der Waals surface area contributed by atoms with E-state index in [0.717, 1.165) is 23.2 Å². The molecule has 1 fully saturated rings.